The van der Waals surface area contributed by atoms with Gasteiger partial charge in [-0.05, 0) is 54.0 Å². The minimum atomic E-state index is -0.700. The van der Waals surface area contributed by atoms with E-state index >= 15 is 0 Å². The molecule has 3 aromatic carbocycles. The van der Waals surface area contributed by atoms with Crippen molar-refractivity contribution >= 4 is 40.7 Å². The number of ether oxygens (including phenoxy) is 2. The van der Waals surface area contributed by atoms with Gasteiger partial charge in [-0.2, -0.15) is 0 Å². The average molecular weight is 590 g/mol. The number of thiazole rings is 1. The predicted octanol–water partition coefficient (Wildman–Crippen LogP) is 4.94. The number of benzene rings is 3. The number of carbonyl (C=O) groups excluding carboxylic acids is 1. The zero-order chi connectivity index (χ0) is 29.1. The molecule has 0 radical (unpaired) electrons. The molecule has 0 spiro atoms. The molecule has 0 aliphatic carbocycles. The summed E-state index contributed by atoms with van der Waals surface area (Å²) in [6.45, 7) is 2.05. The molecule has 2 heterocycles. The standard InChI is InChI=1S/C30H24ClN3O6S/c1-3-23-26(29(36)39-2)27(19-7-5-4-6-8-19)33-28(35)25(41-30(33)32-23)16-20-15-21(31)11-14-24(20)40-17-18-9-12-22(13-10-18)34(37)38/h4-16,27H,3,17H2,1-2H3/b25-16+/t27-/m1/s1. The second-order valence-corrected chi connectivity index (χ2v) is 10.5. The van der Waals surface area contributed by atoms with Crippen molar-refractivity contribution < 1.29 is 19.2 Å². The second-order valence-electron chi connectivity index (χ2n) is 9.09. The number of hydrogen-bond acceptors (Lipinski definition) is 8. The smallest absolute Gasteiger partial charge is 0.338 e. The summed E-state index contributed by atoms with van der Waals surface area (Å²) >= 11 is 7.51. The van der Waals surface area contributed by atoms with Crippen LogP contribution in [0.25, 0.3) is 6.08 Å². The van der Waals surface area contributed by atoms with E-state index in [1.54, 1.807) is 36.4 Å². The number of nitro groups is 1. The van der Waals surface area contributed by atoms with Gasteiger partial charge in [0.25, 0.3) is 11.2 Å². The maximum atomic E-state index is 13.9. The topological polar surface area (TPSA) is 113 Å². The van der Waals surface area contributed by atoms with E-state index in [0.29, 0.717) is 43.4 Å². The Morgan fingerprint density at radius 2 is 1.88 bits per heavy atom. The molecule has 1 aromatic heterocycles. The Kier molecular flexibility index (Phi) is 8.14. The minimum Gasteiger partial charge on any atom is -0.488 e. The molecule has 0 unspecified atom stereocenters. The Morgan fingerprint density at radius 3 is 2.54 bits per heavy atom. The van der Waals surface area contributed by atoms with E-state index in [1.807, 2.05) is 37.3 Å². The number of esters is 1. The summed E-state index contributed by atoms with van der Waals surface area (Å²) in [7, 11) is 1.31. The van der Waals surface area contributed by atoms with Gasteiger partial charge in [0.15, 0.2) is 4.80 Å². The highest BCUT2D eigenvalue weighted by atomic mass is 35.5. The van der Waals surface area contributed by atoms with Crippen LogP contribution in [0.15, 0.2) is 93.9 Å². The molecule has 0 bridgehead atoms. The molecule has 0 saturated carbocycles. The molecule has 11 heteroatoms. The van der Waals surface area contributed by atoms with E-state index in [9.17, 15) is 19.7 Å². The highest BCUT2D eigenvalue weighted by Gasteiger charge is 2.33. The van der Waals surface area contributed by atoms with Crippen LogP contribution in [0.2, 0.25) is 5.02 Å². The number of nitro benzene ring substituents is 1. The molecule has 1 atom stereocenters. The Morgan fingerprint density at radius 1 is 1.15 bits per heavy atom. The van der Waals surface area contributed by atoms with Gasteiger partial charge in [-0.15, -0.1) is 0 Å². The summed E-state index contributed by atoms with van der Waals surface area (Å²) in [6, 6.07) is 19.8. The molecule has 0 N–H and O–H groups in total. The normalized spacial score (nSPS) is 14.8. The monoisotopic (exact) mass is 589 g/mol. The Bertz CT molecular complexity index is 1850. The third-order valence-electron chi connectivity index (χ3n) is 6.57. The quantitative estimate of drug-likeness (QED) is 0.163. The third-order valence-corrected chi connectivity index (χ3v) is 7.78. The lowest BCUT2D eigenvalue weighted by atomic mass is 9.95. The van der Waals surface area contributed by atoms with Crippen LogP contribution in [0.4, 0.5) is 5.69 Å². The number of fused-ring (bicyclic) bond motifs is 1. The van der Waals surface area contributed by atoms with E-state index in [1.165, 1.54) is 35.1 Å². The van der Waals surface area contributed by atoms with Crippen LogP contribution in [0.5, 0.6) is 5.75 Å². The maximum Gasteiger partial charge on any atom is 0.338 e. The van der Waals surface area contributed by atoms with Crippen LogP contribution in [-0.2, 0) is 16.1 Å². The lowest BCUT2D eigenvalue weighted by Gasteiger charge is -2.25. The molecule has 208 valence electrons. The number of non-ortho nitro benzene ring substituents is 1. The summed E-state index contributed by atoms with van der Waals surface area (Å²) < 4.78 is 13.0. The van der Waals surface area contributed by atoms with Gasteiger partial charge in [0, 0.05) is 22.7 Å². The van der Waals surface area contributed by atoms with Gasteiger partial charge in [-0.1, -0.05) is 60.2 Å². The van der Waals surface area contributed by atoms with Gasteiger partial charge < -0.3 is 9.47 Å². The molecular weight excluding hydrogens is 566 g/mol. The lowest BCUT2D eigenvalue weighted by molar-refractivity contribution is -0.384. The molecular formula is C30H24ClN3O6S. The number of rotatable bonds is 8. The summed E-state index contributed by atoms with van der Waals surface area (Å²) in [5.74, 6) is -0.0619. The van der Waals surface area contributed by atoms with Crippen LogP contribution in [-0.4, -0.2) is 22.6 Å². The van der Waals surface area contributed by atoms with E-state index in [-0.39, 0.29) is 17.9 Å². The molecule has 0 fully saturated rings. The summed E-state index contributed by atoms with van der Waals surface area (Å²) in [6.07, 6.45) is 2.17. The molecule has 0 amide bonds. The predicted molar refractivity (Wildman–Crippen MR) is 156 cm³/mol. The van der Waals surface area contributed by atoms with Crippen LogP contribution in [0.1, 0.15) is 36.1 Å². The average Bonchev–Trinajstić information content (AvgIpc) is 3.30. The van der Waals surface area contributed by atoms with Crippen molar-refractivity contribution in [1.29, 1.82) is 0 Å². The Hall–Kier alpha value is -4.54. The summed E-state index contributed by atoms with van der Waals surface area (Å²) in [5, 5.41) is 11.4. The van der Waals surface area contributed by atoms with Crippen molar-refractivity contribution in [3.63, 3.8) is 0 Å². The maximum absolute atomic E-state index is 13.9. The summed E-state index contributed by atoms with van der Waals surface area (Å²) in [5.41, 5.74) is 2.64. The zero-order valence-electron chi connectivity index (χ0n) is 22.1. The first kappa shape index (κ1) is 28.0. The van der Waals surface area contributed by atoms with Crippen molar-refractivity contribution in [2.45, 2.75) is 26.0 Å². The first-order valence-electron chi connectivity index (χ1n) is 12.6. The number of halogens is 1. The highest BCUT2D eigenvalue weighted by molar-refractivity contribution is 7.07. The third kappa shape index (κ3) is 5.70. The van der Waals surface area contributed by atoms with Crippen LogP contribution >= 0.6 is 22.9 Å². The largest absolute Gasteiger partial charge is 0.488 e. The van der Waals surface area contributed by atoms with E-state index in [0.717, 1.165) is 11.1 Å². The number of carbonyl (C=O) groups is 1. The van der Waals surface area contributed by atoms with Gasteiger partial charge in [-0.25, -0.2) is 9.79 Å². The fraction of sp³-hybridized carbons (Fsp3) is 0.167. The van der Waals surface area contributed by atoms with Crippen molar-refractivity contribution in [3.05, 3.63) is 136 Å². The van der Waals surface area contributed by atoms with Crippen molar-refractivity contribution in [3.8, 4) is 5.75 Å². The van der Waals surface area contributed by atoms with Crippen molar-refractivity contribution in [2.24, 2.45) is 4.99 Å². The van der Waals surface area contributed by atoms with Gasteiger partial charge in [0.05, 0.1) is 33.9 Å². The molecule has 0 saturated heterocycles. The van der Waals surface area contributed by atoms with E-state index in [2.05, 4.69) is 4.99 Å². The number of methoxy groups -OCH3 is 1. The highest BCUT2D eigenvalue weighted by Crippen LogP contribution is 2.32. The number of allylic oxidation sites excluding steroid dienone is 1. The SMILES string of the molecule is CCC1=C(C(=O)OC)[C@@H](c2ccccc2)n2c(s/c(=C/c3cc(Cl)ccc3OCc3ccc([N+](=O)[O-])cc3)c2=O)=N1. The molecule has 41 heavy (non-hydrogen) atoms. The van der Waals surface area contributed by atoms with Gasteiger partial charge >= 0.3 is 5.97 Å². The fourth-order valence-corrected chi connectivity index (χ4v) is 5.79. The van der Waals surface area contributed by atoms with Gasteiger partial charge in [-0.3, -0.25) is 19.5 Å². The van der Waals surface area contributed by atoms with Crippen molar-refractivity contribution in [1.82, 2.24) is 4.57 Å². The lowest BCUT2D eigenvalue weighted by Crippen LogP contribution is -2.40. The molecule has 9 nitrogen and oxygen atoms in total. The number of aromatic nitrogens is 1. The van der Waals surface area contributed by atoms with Crippen LogP contribution in [0.3, 0.4) is 0 Å². The van der Waals surface area contributed by atoms with Crippen LogP contribution in [0, 0.1) is 10.1 Å². The van der Waals surface area contributed by atoms with E-state index < -0.39 is 16.9 Å². The first-order valence-corrected chi connectivity index (χ1v) is 13.8. The minimum absolute atomic E-state index is 0.00768. The molecule has 5 rings (SSSR count). The summed E-state index contributed by atoms with van der Waals surface area (Å²) in [4.78, 5) is 42.5. The van der Waals surface area contributed by atoms with Gasteiger partial charge in [0.1, 0.15) is 12.4 Å². The second kappa shape index (κ2) is 11.9. The van der Waals surface area contributed by atoms with Gasteiger partial charge in [0.2, 0.25) is 0 Å². The number of hydrogen-bond donors (Lipinski definition) is 0. The Balaban J connectivity index is 1.59. The van der Waals surface area contributed by atoms with Crippen molar-refractivity contribution in [2.75, 3.05) is 7.11 Å². The zero-order valence-corrected chi connectivity index (χ0v) is 23.6. The molecule has 1 aliphatic heterocycles. The fourth-order valence-electron chi connectivity index (χ4n) is 4.59. The first-order chi connectivity index (χ1) is 19.8. The van der Waals surface area contributed by atoms with E-state index in [4.69, 9.17) is 21.1 Å². The number of nitrogens with zero attached hydrogens (tertiary/aromatic N) is 3. The molecule has 4 aromatic rings. The molecule has 1 aliphatic rings. The van der Waals surface area contributed by atoms with Crippen LogP contribution < -0.4 is 19.6 Å². The Labute approximate surface area is 243 Å².